The second kappa shape index (κ2) is 7.95. The molecule has 0 N–H and O–H groups in total. The Kier molecular flexibility index (Phi) is 6.57. The third kappa shape index (κ3) is 4.35. The van der Waals surface area contributed by atoms with E-state index in [-0.39, 0.29) is 5.91 Å². The first-order valence-corrected chi connectivity index (χ1v) is 7.29. The molecule has 1 heterocycles. The van der Waals surface area contributed by atoms with Crippen LogP contribution in [-0.4, -0.2) is 48.4 Å². The molecule has 0 aromatic heterocycles. The zero-order valence-electron chi connectivity index (χ0n) is 12.6. The highest BCUT2D eigenvalue weighted by molar-refractivity contribution is 5.94. The van der Waals surface area contributed by atoms with Crippen LogP contribution in [0.4, 0.5) is 0 Å². The fourth-order valence-electron chi connectivity index (χ4n) is 2.15. The summed E-state index contributed by atoms with van der Waals surface area (Å²) in [6.45, 7) is 13.0. The van der Waals surface area contributed by atoms with E-state index in [9.17, 15) is 4.79 Å². The van der Waals surface area contributed by atoms with E-state index in [1.165, 1.54) is 5.56 Å². The van der Waals surface area contributed by atoms with Crippen LogP contribution in [0.5, 0.6) is 0 Å². The third-order valence-corrected chi connectivity index (χ3v) is 3.41. The van der Waals surface area contributed by atoms with Gasteiger partial charge in [-0.2, -0.15) is 0 Å². The summed E-state index contributed by atoms with van der Waals surface area (Å²) in [5, 5.41) is 0. The highest BCUT2D eigenvalue weighted by Gasteiger charge is 2.20. The van der Waals surface area contributed by atoms with Crippen LogP contribution in [0.1, 0.15) is 36.7 Å². The Hall–Kier alpha value is -1.35. The highest BCUT2D eigenvalue weighted by atomic mass is 16.2. The maximum atomic E-state index is 12.2. The number of rotatable bonds is 2. The average molecular weight is 262 g/mol. The molecule has 2 rings (SSSR count). The van der Waals surface area contributed by atoms with Crippen LogP contribution in [0.2, 0.25) is 0 Å². The van der Waals surface area contributed by atoms with Gasteiger partial charge in [0.25, 0.3) is 5.91 Å². The van der Waals surface area contributed by atoms with Crippen LogP contribution >= 0.6 is 0 Å². The molecular formula is C16H26N2O. The van der Waals surface area contributed by atoms with Crippen molar-refractivity contribution in [2.24, 2.45) is 0 Å². The molecule has 1 fully saturated rings. The van der Waals surface area contributed by atoms with E-state index in [0.717, 1.165) is 38.3 Å². The summed E-state index contributed by atoms with van der Waals surface area (Å²) < 4.78 is 0. The van der Waals surface area contributed by atoms with E-state index in [0.29, 0.717) is 0 Å². The van der Waals surface area contributed by atoms with Crippen LogP contribution < -0.4 is 0 Å². The van der Waals surface area contributed by atoms with Gasteiger partial charge >= 0.3 is 0 Å². The number of likely N-dealkylation sites (N-methyl/N-ethyl adjacent to an activating group) is 1. The molecule has 1 amide bonds. The molecule has 19 heavy (non-hydrogen) atoms. The molecule has 0 saturated carbocycles. The molecule has 1 aliphatic rings. The number of amides is 1. The Balaban J connectivity index is 0.000000861. The lowest BCUT2D eigenvalue weighted by Crippen LogP contribution is -2.48. The number of hydrogen-bond acceptors (Lipinski definition) is 2. The molecule has 0 radical (unpaired) electrons. The van der Waals surface area contributed by atoms with Gasteiger partial charge in [0, 0.05) is 31.7 Å². The van der Waals surface area contributed by atoms with Crippen LogP contribution in [0.15, 0.2) is 24.3 Å². The van der Waals surface area contributed by atoms with E-state index in [1.54, 1.807) is 0 Å². The topological polar surface area (TPSA) is 23.6 Å². The highest BCUT2D eigenvalue weighted by Crippen LogP contribution is 2.09. The van der Waals surface area contributed by atoms with Gasteiger partial charge in [-0.25, -0.2) is 0 Å². The van der Waals surface area contributed by atoms with Crippen LogP contribution in [0.25, 0.3) is 0 Å². The van der Waals surface area contributed by atoms with Crippen molar-refractivity contribution in [1.29, 1.82) is 0 Å². The van der Waals surface area contributed by atoms with Gasteiger partial charge in [0.15, 0.2) is 0 Å². The minimum Gasteiger partial charge on any atom is -0.336 e. The van der Waals surface area contributed by atoms with E-state index in [1.807, 2.05) is 49.9 Å². The van der Waals surface area contributed by atoms with E-state index in [4.69, 9.17) is 0 Å². The van der Waals surface area contributed by atoms with Crippen molar-refractivity contribution in [3.8, 4) is 0 Å². The van der Waals surface area contributed by atoms with Crippen molar-refractivity contribution in [2.75, 3.05) is 32.7 Å². The van der Waals surface area contributed by atoms with Crippen LogP contribution in [0, 0.1) is 6.92 Å². The molecule has 0 aliphatic carbocycles. The summed E-state index contributed by atoms with van der Waals surface area (Å²) in [7, 11) is 0. The SMILES string of the molecule is CC.CCN1CCN(C(=O)c2ccc(C)cc2)CC1. The van der Waals surface area contributed by atoms with E-state index >= 15 is 0 Å². The number of carbonyl (C=O) groups excluding carboxylic acids is 1. The second-order valence-corrected chi connectivity index (χ2v) is 4.59. The summed E-state index contributed by atoms with van der Waals surface area (Å²) in [6.07, 6.45) is 0. The standard InChI is InChI=1S/C14H20N2O.C2H6/c1-3-15-8-10-16(11-9-15)14(17)13-6-4-12(2)5-7-13;1-2/h4-7H,3,8-11H2,1-2H3;1-2H3. The molecular weight excluding hydrogens is 236 g/mol. The van der Waals surface area contributed by atoms with Gasteiger partial charge in [0.2, 0.25) is 0 Å². The number of aryl methyl sites for hydroxylation is 1. The van der Waals surface area contributed by atoms with E-state index < -0.39 is 0 Å². The molecule has 1 aromatic carbocycles. The zero-order chi connectivity index (χ0) is 14.3. The predicted octanol–water partition coefficient (Wildman–Crippen LogP) is 2.80. The molecule has 0 unspecified atom stereocenters. The Morgan fingerprint density at radius 3 is 2.05 bits per heavy atom. The average Bonchev–Trinajstić information content (AvgIpc) is 2.49. The van der Waals surface area contributed by atoms with Crippen molar-refractivity contribution in [3.05, 3.63) is 35.4 Å². The first-order chi connectivity index (χ1) is 9.20. The number of piperazine rings is 1. The Morgan fingerprint density at radius 1 is 1.05 bits per heavy atom. The van der Waals surface area contributed by atoms with Gasteiger partial charge in [0.05, 0.1) is 0 Å². The first kappa shape index (κ1) is 15.7. The van der Waals surface area contributed by atoms with Crippen molar-refractivity contribution >= 4 is 5.91 Å². The monoisotopic (exact) mass is 262 g/mol. The Bertz CT molecular complexity index is 378. The summed E-state index contributed by atoms with van der Waals surface area (Å²) in [5.41, 5.74) is 2.00. The fraction of sp³-hybridized carbons (Fsp3) is 0.562. The van der Waals surface area contributed by atoms with Crippen molar-refractivity contribution < 1.29 is 4.79 Å². The van der Waals surface area contributed by atoms with Crippen LogP contribution in [0.3, 0.4) is 0 Å². The molecule has 0 atom stereocenters. The molecule has 1 saturated heterocycles. The minimum atomic E-state index is 0.167. The van der Waals surface area contributed by atoms with Gasteiger partial charge in [-0.3, -0.25) is 4.79 Å². The second-order valence-electron chi connectivity index (χ2n) is 4.59. The smallest absolute Gasteiger partial charge is 0.253 e. The third-order valence-electron chi connectivity index (χ3n) is 3.41. The largest absolute Gasteiger partial charge is 0.336 e. The maximum absolute atomic E-state index is 12.2. The molecule has 1 aliphatic heterocycles. The summed E-state index contributed by atoms with van der Waals surface area (Å²) in [6, 6.07) is 7.83. The summed E-state index contributed by atoms with van der Waals surface area (Å²) in [4.78, 5) is 16.5. The van der Waals surface area contributed by atoms with Crippen molar-refractivity contribution in [1.82, 2.24) is 9.80 Å². The maximum Gasteiger partial charge on any atom is 0.253 e. The summed E-state index contributed by atoms with van der Waals surface area (Å²) >= 11 is 0. The normalized spacial score (nSPS) is 15.7. The minimum absolute atomic E-state index is 0.167. The number of benzene rings is 1. The molecule has 106 valence electrons. The quantitative estimate of drug-likeness (QED) is 0.818. The van der Waals surface area contributed by atoms with Gasteiger partial charge in [-0.15, -0.1) is 0 Å². The molecule has 0 spiro atoms. The summed E-state index contributed by atoms with van der Waals surface area (Å²) in [5.74, 6) is 0.167. The molecule has 3 nitrogen and oxygen atoms in total. The van der Waals surface area contributed by atoms with Gasteiger partial charge in [-0.05, 0) is 25.6 Å². The number of carbonyl (C=O) groups is 1. The fourth-order valence-corrected chi connectivity index (χ4v) is 2.15. The van der Waals surface area contributed by atoms with Crippen LogP contribution in [-0.2, 0) is 0 Å². The predicted molar refractivity (Wildman–Crippen MR) is 80.5 cm³/mol. The van der Waals surface area contributed by atoms with Crippen molar-refractivity contribution in [2.45, 2.75) is 27.7 Å². The number of hydrogen-bond donors (Lipinski definition) is 0. The Morgan fingerprint density at radius 2 is 1.58 bits per heavy atom. The first-order valence-electron chi connectivity index (χ1n) is 7.29. The lowest BCUT2D eigenvalue weighted by Gasteiger charge is -2.34. The van der Waals surface area contributed by atoms with Gasteiger partial charge < -0.3 is 9.80 Å². The van der Waals surface area contributed by atoms with E-state index in [2.05, 4.69) is 11.8 Å². The zero-order valence-corrected chi connectivity index (χ0v) is 12.6. The lowest BCUT2D eigenvalue weighted by atomic mass is 10.1. The lowest BCUT2D eigenvalue weighted by molar-refractivity contribution is 0.0643. The van der Waals surface area contributed by atoms with Gasteiger partial charge in [-0.1, -0.05) is 38.5 Å². The molecule has 3 heteroatoms. The number of nitrogens with zero attached hydrogens (tertiary/aromatic N) is 2. The Labute approximate surface area is 117 Å². The molecule has 1 aromatic rings. The molecule has 0 bridgehead atoms. The van der Waals surface area contributed by atoms with Gasteiger partial charge in [0.1, 0.15) is 0 Å². The van der Waals surface area contributed by atoms with Crippen molar-refractivity contribution in [3.63, 3.8) is 0 Å².